The van der Waals surface area contributed by atoms with Crippen molar-refractivity contribution in [1.82, 2.24) is 5.43 Å². The first kappa shape index (κ1) is 15.0. The van der Waals surface area contributed by atoms with Crippen molar-refractivity contribution in [3.8, 4) is 0 Å². The van der Waals surface area contributed by atoms with Gasteiger partial charge in [-0.2, -0.15) is 0 Å². The Hall–Kier alpha value is -1.37. The first-order valence-electron chi connectivity index (χ1n) is 5.86. The van der Waals surface area contributed by atoms with Crippen LogP contribution in [0.3, 0.4) is 0 Å². The van der Waals surface area contributed by atoms with Crippen LogP contribution < -0.4 is 11.3 Å². The van der Waals surface area contributed by atoms with Gasteiger partial charge in [0.15, 0.2) is 0 Å². The average Bonchev–Trinajstić information content (AvgIpc) is 2.38. The summed E-state index contributed by atoms with van der Waals surface area (Å²) < 4.78 is 41.3. The van der Waals surface area contributed by atoms with Gasteiger partial charge in [0.1, 0.15) is 17.5 Å². The van der Waals surface area contributed by atoms with Gasteiger partial charge in [-0.15, -0.1) is 0 Å². The largest absolute Gasteiger partial charge is 0.271 e. The van der Waals surface area contributed by atoms with Crippen LogP contribution in [0.1, 0.15) is 17.2 Å². The number of nitrogens with one attached hydrogen (secondary N) is 1. The SMILES string of the molecule is NNC(Cc1ccc(Br)cc1)c1c(F)cc(F)cc1F. The second-order valence-electron chi connectivity index (χ2n) is 4.33. The number of hydrogen-bond acceptors (Lipinski definition) is 2. The smallest absolute Gasteiger partial charge is 0.133 e. The molecule has 2 aromatic rings. The van der Waals surface area contributed by atoms with Gasteiger partial charge >= 0.3 is 0 Å². The molecule has 2 rings (SSSR count). The van der Waals surface area contributed by atoms with Crippen LogP contribution in [0.25, 0.3) is 0 Å². The second kappa shape index (κ2) is 6.39. The number of hydrazine groups is 1. The van der Waals surface area contributed by atoms with E-state index in [0.29, 0.717) is 12.1 Å². The summed E-state index contributed by atoms with van der Waals surface area (Å²) in [6.45, 7) is 0. The molecule has 2 aromatic carbocycles. The van der Waals surface area contributed by atoms with Crippen LogP contribution in [0.4, 0.5) is 13.2 Å². The van der Waals surface area contributed by atoms with E-state index in [0.717, 1.165) is 10.0 Å². The van der Waals surface area contributed by atoms with Gasteiger partial charge in [0.25, 0.3) is 0 Å². The summed E-state index contributed by atoms with van der Waals surface area (Å²) in [5, 5.41) is 0. The number of benzene rings is 2. The van der Waals surface area contributed by atoms with Crippen LogP contribution in [0.5, 0.6) is 0 Å². The van der Waals surface area contributed by atoms with Crippen LogP contribution in [0.2, 0.25) is 0 Å². The Bertz CT molecular complexity index is 579. The lowest BCUT2D eigenvalue weighted by Gasteiger charge is -2.18. The Morgan fingerprint density at radius 2 is 1.60 bits per heavy atom. The van der Waals surface area contributed by atoms with Crippen molar-refractivity contribution in [3.05, 3.63) is 69.4 Å². The number of hydrogen-bond donors (Lipinski definition) is 2. The number of halogens is 4. The summed E-state index contributed by atoms with van der Waals surface area (Å²) in [6.07, 6.45) is 0.281. The van der Waals surface area contributed by atoms with Crippen LogP contribution >= 0.6 is 15.9 Å². The minimum absolute atomic E-state index is 0.267. The Morgan fingerprint density at radius 1 is 1.05 bits per heavy atom. The summed E-state index contributed by atoms with van der Waals surface area (Å²) in [4.78, 5) is 0. The third-order valence-corrected chi connectivity index (χ3v) is 3.48. The highest BCUT2D eigenvalue weighted by Crippen LogP contribution is 2.25. The lowest BCUT2D eigenvalue weighted by Crippen LogP contribution is -2.31. The van der Waals surface area contributed by atoms with E-state index in [1.54, 1.807) is 0 Å². The Balaban J connectivity index is 2.31. The fraction of sp³-hybridized carbons (Fsp3) is 0.143. The second-order valence-corrected chi connectivity index (χ2v) is 5.25. The topological polar surface area (TPSA) is 38.0 Å². The molecule has 6 heteroatoms. The van der Waals surface area contributed by atoms with E-state index in [2.05, 4.69) is 21.4 Å². The summed E-state index contributed by atoms with van der Waals surface area (Å²) in [5.41, 5.74) is 2.95. The Labute approximate surface area is 122 Å². The minimum atomic E-state index is -0.956. The maximum absolute atomic E-state index is 13.7. The van der Waals surface area contributed by atoms with E-state index in [4.69, 9.17) is 5.84 Å². The van der Waals surface area contributed by atoms with Gasteiger partial charge in [-0.3, -0.25) is 11.3 Å². The molecule has 3 N–H and O–H groups in total. The molecule has 0 aromatic heterocycles. The molecule has 20 heavy (non-hydrogen) atoms. The van der Waals surface area contributed by atoms with Crippen molar-refractivity contribution in [2.75, 3.05) is 0 Å². The molecule has 2 nitrogen and oxygen atoms in total. The zero-order valence-electron chi connectivity index (χ0n) is 10.3. The highest BCUT2D eigenvalue weighted by Gasteiger charge is 2.20. The molecule has 0 radical (unpaired) electrons. The van der Waals surface area contributed by atoms with Crippen molar-refractivity contribution in [1.29, 1.82) is 0 Å². The molecule has 0 amide bonds. The quantitative estimate of drug-likeness (QED) is 0.656. The molecule has 0 bridgehead atoms. The van der Waals surface area contributed by atoms with Gasteiger partial charge in [0.2, 0.25) is 0 Å². The van der Waals surface area contributed by atoms with Crippen molar-refractivity contribution in [3.63, 3.8) is 0 Å². The lowest BCUT2D eigenvalue weighted by molar-refractivity contribution is 0.462. The first-order valence-corrected chi connectivity index (χ1v) is 6.65. The summed E-state index contributed by atoms with van der Waals surface area (Å²) >= 11 is 3.30. The van der Waals surface area contributed by atoms with E-state index >= 15 is 0 Å². The normalized spacial score (nSPS) is 12.4. The molecule has 0 aliphatic rings. The van der Waals surface area contributed by atoms with Crippen molar-refractivity contribution in [2.24, 2.45) is 5.84 Å². The van der Waals surface area contributed by atoms with Crippen LogP contribution in [0, 0.1) is 17.5 Å². The third-order valence-electron chi connectivity index (χ3n) is 2.95. The molecule has 0 saturated heterocycles. The molecule has 106 valence electrons. The first-order chi connectivity index (χ1) is 9.51. The Morgan fingerprint density at radius 3 is 2.10 bits per heavy atom. The third kappa shape index (κ3) is 3.39. The average molecular weight is 345 g/mol. The summed E-state index contributed by atoms with van der Waals surface area (Å²) in [7, 11) is 0. The Kier molecular flexibility index (Phi) is 4.80. The highest BCUT2D eigenvalue weighted by atomic mass is 79.9. The van der Waals surface area contributed by atoms with Crippen LogP contribution in [0.15, 0.2) is 40.9 Å². The molecule has 0 fully saturated rings. The lowest BCUT2D eigenvalue weighted by atomic mass is 9.98. The zero-order chi connectivity index (χ0) is 14.7. The summed E-state index contributed by atoms with van der Waals surface area (Å²) in [6, 6.07) is 7.77. The van der Waals surface area contributed by atoms with Gasteiger partial charge in [0, 0.05) is 22.2 Å². The highest BCUT2D eigenvalue weighted by molar-refractivity contribution is 9.10. The number of rotatable bonds is 4. The molecule has 0 spiro atoms. The van der Waals surface area contributed by atoms with Gasteiger partial charge in [-0.05, 0) is 24.1 Å². The standard InChI is InChI=1S/C14H12BrF3N2/c15-9-3-1-8(2-4-9)5-13(20-19)14-11(17)6-10(16)7-12(14)18/h1-4,6-7,13,20H,5,19H2. The maximum atomic E-state index is 13.7. The van der Waals surface area contributed by atoms with Crippen molar-refractivity contribution in [2.45, 2.75) is 12.5 Å². The summed E-state index contributed by atoms with van der Waals surface area (Å²) in [5.74, 6) is 2.50. The predicted molar refractivity (Wildman–Crippen MR) is 74.2 cm³/mol. The molecular formula is C14H12BrF3N2. The molecule has 0 aliphatic heterocycles. The van der Waals surface area contributed by atoms with Gasteiger partial charge in [-0.1, -0.05) is 28.1 Å². The monoisotopic (exact) mass is 344 g/mol. The van der Waals surface area contributed by atoms with Gasteiger partial charge in [-0.25, -0.2) is 13.2 Å². The van der Waals surface area contributed by atoms with E-state index < -0.39 is 23.5 Å². The van der Waals surface area contributed by atoms with Crippen LogP contribution in [-0.2, 0) is 6.42 Å². The molecule has 1 unspecified atom stereocenters. The molecule has 1 atom stereocenters. The minimum Gasteiger partial charge on any atom is -0.271 e. The predicted octanol–water partition coefficient (Wildman–Crippen LogP) is 3.61. The molecule has 0 heterocycles. The van der Waals surface area contributed by atoms with Gasteiger partial charge in [0.05, 0.1) is 6.04 Å². The molecule has 0 saturated carbocycles. The number of nitrogens with two attached hydrogens (primary N) is 1. The van der Waals surface area contributed by atoms with E-state index in [9.17, 15) is 13.2 Å². The van der Waals surface area contributed by atoms with Crippen LogP contribution in [-0.4, -0.2) is 0 Å². The van der Waals surface area contributed by atoms with E-state index in [1.807, 2.05) is 24.3 Å². The van der Waals surface area contributed by atoms with Crippen molar-refractivity contribution < 1.29 is 13.2 Å². The fourth-order valence-electron chi connectivity index (χ4n) is 1.99. The maximum Gasteiger partial charge on any atom is 0.133 e. The molecule has 0 aliphatic carbocycles. The van der Waals surface area contributed by atoms with Gasteiger partial charge < -0.3 is 0 Å². The van der Waals surface area contributed by atoms with Crippen molar-refractivity contribution >= 4 is 15.9 Å². The van der Waals surface area contributed by atoms with E-state index in [-0.39, 0.29) is 12.0 Å². The molecular weight excluding hydrogens is 333 g/mol. The fourth-order valence-corrected chi connectivity index (χ4v) is 2.25. The zero-order valence-corrected chi connectivity index (χ0v) is 11.9. The van der Waals surface area contributed by atoms with E-state index in [1.165, 1.54) is 0 Å².